The summed E-state index contributed by atoms with van der Waals surface area (Å²) in [7, 11) is 0. The van der Waals surface area contributed by atoms with Crippen LogP contribution in [0.25, 0.3) is 0 Å². The Labute approximate surface area is 219 Å². The van der Waals surface area contributed by atoms with Gasteiger partial charge in [-0.2, -0.15) is 0 Å². The highest BCUT2D eigenvalue weighted by Crippen LogP contribution is 2.39. The number of carbonyl (C=O) groups excluding carboxylic acids is 3. The number of anilines is 2. The third-order valence-corrected chi connectivity index (χ3v) is 8.15. The van der Waals surface area contributed by atoms with E-state index in [4.69, 9.17) is 5.73 Å². The molecule has 3 fully saturated rings. The van der Waals surface area contributed by atoms with E-state index in [2.05, 4.69) is 36.4 Å². The number of halogens is 1. The van der Waals surface area contributed by atoms with Gasteiger partial charge in [0.15, 0.2) is 5.78 Å². The first-order valence-electron chi connectivity index (χ1n) is 12.8. The van der Waals surface area contributed by atoms with Crippen LogP contribution in [0.3, 0.4) is 0 Å². The second kappa shape index (κ2) is 10.2. The molecule has 3 heterocycles. The summed E-state index contributed by atoms with van der Waals surface area (Å²) in [4.78, 5) is 44.5. The molecule has 1 saturated carbocycles. The molecule has 1 aromatic heterocycles. The fourth-order valence-electron chi connectivity index (χ4n) is 5.55. The normalized spacial score (nSPS) is 22.8. The first-order chi connectivity index (χ1) is 17.4. The summed E-state index contributed by atoms with van der Waals surface area (Å²) in [5, 5.41) is 6.42. The Bertz CT molecular complexity index is 1170. The zero-order valence-electron chi connectivity index (χ0n) is 20.4. The molecule has 5 rings (SSSR count). The van der Waals surface area contributed by atoms with Crippen molar-refractivity contribution in [2.24, 2.45) is 11.7 Å². The number of ketones is 1. The van der Waals surface area contributed by atoms with Crippen LogP contribution < -0.4 is 21.3 Å². The second-order valence-corrected chi connectivity index (χ2v) is 11.0. The second-order valence-electron chi connectivity index (χ2n) is 10.1. The minimum atomic E-state index is -0.538. The van der Waals surface area contributed by atoms with Gasteiger partial charge in [0.1, 0.15) is 5.82 Å². The molecule has 4 N–H and O–H groups in total. The molecule has 2 bridgehead atoms. The highest BCUT2D eigenvalue weighted by atomic mass is 79.9. The molecule has 2 saturated heterocycles. The highest BCUT2D eigenvalue weighted by molar-refractivity contribution is 9.10. The Kier molecular flexibility index (Phi) is 7.01. The molecular formula is C27H32BrN5O3. The number of Topliss-reactive ketones (excluding diaryl/α,β-unsaturated/α-hetero) is 1. The maximum atomic E-state index is 13.2. The summed E-state index contributed by atoms with van der Waals surface area (Å²) in [6.07, 6.45) is 8.38. The number of rotatable bonds is 9. The minimum absolute atomic E-state index is 0.0525. The number of amides is 2. The minimum Gasteiger partial charge on any atom is -0.384 e. The molecule has 0 radical (unpaired) electrons. The number of nitrogens with zero attached hydrogens (tertiary/aromatic N) is 2. The number of benzene rings is 1. The standard InChI is InChI=1S/C27H32BrN5O3/c1-2-9-30-23-13-20(22(28)12-21(23)26(29)35)27(36)32-17-10-18-6-7-19(11-17)33(18)24-8-5-16(14-31-24)25(34)15-3-4-15/h5,8,12-15,17-19,30H,2-4,6-7,9-11H2,1H3,(H2,29,35)(H,32,36)/t17-,18+,19-. The molecule has 0 unspecified atom stereocenters. The molecule has 1 aliphatic carbocycles. The third kappa shape index (κ3) is 4.98. The molecule has 3 aliphatic rings. The zero-order valence-corrected chi connectivity index (χ0v) is 22.0. The lowest BCUT2D eigenvalue weighted by atomic mass is 9.96. The number of hydrogen-bond acceptors (Lipinski definition) is 6. The number of fused-ring (bicyclic) bond motifs is 2. The van der Waals surface area contributed by atoms with Crippen LogP contribution in [0.15, 0.2) is 34.9 Å². The van der Waals surface area contributed by atoms with E-state index in [1.165, 1.54) is 0 Å². The van der Waals surface area contributed by atoms with Crippen LogP contribution in [0.4, 0.5) is 11.5 Å². The van der Waals surface area contributed by atoms with Crippen LogP contribution in [0.1, 0.15) is 82.9 Å². The van der Waals surface area contributed by atoms with Gasteiger partial charge >= 0.3 is 0 Å². The predicted octanol–water partition coefficient (Wildman–Crippen LogP) is 4.29. The summed E-state index contributed by atoms with van der Waals surface area (Å²) >= 11 is 3.45. The zero-order chi connectivity index (χ0) is 25.4. The van der Waals surface area contributed by atoms with Crippen molar-refractivity contribution in [3.8, 4) is 0 Å². The van der Waals surface area contributed by atoms with E-state index in [0.717, 1.165) is 50.8 Å². The fourth-order valence-corrected chi connectivity index (χ4v) is 6.08. The van der Waals surface area contributed by atoms with Gasteiger partial charge < -0.3 is 21.3 Å². The number of piperidine rings is 1. The number of nitrogens with one attached hydrogen (secondary N) is 2. The Balaban J connectivity index is 1.26. The van der Waals surface area contributed by atoms with Crippen molar-refractivity contribution < 1.29 is 14.4 Å². The van der Waals surface area contributed by atoms with E-state index < -0.39 is 5.91 Å². The summed E-state index contributed by atoms with van der Waals surface area (Å²) in [5.74, 6) is 0.608. The van der Waals surface area contributed by atoms with Gasteiger partial charge in [-0.25, -0.2) is 4.98 Å². The Morgan fingerprint density at radius 2 is 1.81 bits per heavy atom. The average Bonchev–Trinajstić information content (AvgIpc) is 3.67. The topological polar surface area (TPSA) is 117 Å². The smallest absolute Gasteiger partial charge is 0.252 e. The molecular weight excluding hydrogens is 522 g/mol. The lowest BCUT2D eigenvalue weighted by molar-refractivity contribution is 0.0923. The summed E-state index contributed by atoms with van der Waals surface area (Å²) < 4.78 is 0.543. The maximum absolute atomic E-state index is 13.2. The largest absolute Gasteiger partial charge is 0.384 e. The van der Waals surface area contributed by atoms with Gasteiger partial charge in [0.25, 0.3) is 11.8 Å². The molecule has 2 amide bonds. The first-order valence-corrected chi connectivity index (χ1v) is 13.6. The monoisotopic (exact) mass is 553 g/mol. The molecule has 2 aromatic rings. The van der Waals surface area contributed by atoms with Crippen LogP contribution in [0.5, 0.6) is 0 Å². The quantitative estimate of drug-likeness (QED) is 0.399. The van der Waals surface area contributed by atoms with Gasteiger partial charge in [-0.05, 0) is 85.1 Å². The van der Waals surface area contributed by atoms with Crippen molar-refractivity contribution in [1.29, 1.82) is 0 Å². The van der Waals surface area contributed by atoms with Crippen molar-refractivity contribution >= 4 is 45.0 Å². The van der Waals surface area contributed by atoms with Gasteiger partial charge in [0.2, 0.25) is 0 Å². The van der Waals surface area contributed by atoms with Gasteiger partial charge in [-0.1, -0.05) is 6.92 Å². The van der Waals surface area contributed by atoms with Crippen LogP contribution in [0.2, 0.25) is 0 Å². The molecule has 9 heteroatoms. The average molecular weight is 554 g/mol. The molecule has 3 atom stereocenters. The maximum Gasteiger partial charge on any atom is 0.252 e. The predicted molar refractivity (Wildman–Crippen MR) is 143 cm³/mol. The number of nitrogens with two attached hydrogens (primary N) is 1. The van der Waals surface area contributed by atoms with Gasteiger partial charge in [-0.15, -0.1) is 0 Å². The molecule has 8 nitrogen and oxygen atoms in total. The van der Waals surface area contributed by atoms with Crippen molar-refractivity contribution in [2.45, 2.75) is 70.0 Å². The molecule has 1 aromatic carbocycles. The van der Waals surface area contributed by atoms with E-state index in [1.807, 2.05) is 19.1 Å². The first kappa shape index (κ1) is 24.7. The van der Waals surface area contributed by atoms with E-state index in [0.29, 0.717) is 45.5 Å². The Hall–Kier alpha value is -2.94. The highest BCUT2D eigenvalue weighted by Gasteiger charge is 2.42. The fraction of sp³-hybridized carbons (Fsp3) is 0.481. The van der Waals surface area contributed by atoms with Crippen LogP contribution in [-0.4, -0.2) is 47.3 Å². The van der Waals surface area contributed by atoms with Crippen LogP contribution in [-0.2, 0) is 0 Å². The number of pyridine rings is 1. The lowest BCUT2D eigenvalue weighted by Gasteiger charge is -2.40. The number of carbonyl (C=O) groups is 3. The molecule has 190 valence electrons. The summed E-state index contributed by atoms with van der Waals surface area (Å²) in [6, 6.07) is 7.85. The summed E-state index contributed by atoms with van der Waals surface area (Å²) in [6.45, 7) is 2.70. The SMILES string of the molecule is CCCNc1cc(C(=O)N[C@H]2C[C@H]3CC[C@@H](C2)N3c2ccc(C(=O)C3CC3)cn2)c(Br)cc1C(N)=O. The number of primary amides is 1. The van der Waals surface area contributed by atoms with E-state index >= 15 is 0 Å². The van der Waals surface area contributed by atoms with Crippen molar-refractivity contribution in [1.82, 2.24) is 10.3 Å². The van der Waals surface area contributed by atoms with E-state index in [1.54, 1.807) is 18.3 Å². The van der Waals surface area contributed by atoms with E-state index in [9.17, 15) is 14.4 Å². The van der Waals surface area contributed by atoms with Crippen LogP contribution in [0, 0.1) is 5.92 Å². The number of hydrogen-bond donors (Lipinski definition) is 3. The number of aromatic nitrogens is 1. The van der Waals surface area contributed by atoms with E-state index in [-0.39, 0.29) is 23.7 Å². The molecule has 36 heavy (non-hydrogen) atoms. The van der Waals surface area contributed by atoms with Gasteiger partial charge in [-0.3, -0.25) is 14.4 Å². The van der Waals surface area contributed by atoms with Crippen molar-refractivity contribution in [3.63, 3.8) is 0 Å². The van der Waals surface area contributed by atoms with Gasteiger partial charge in [0.05, 0.1) is 11.1 Å². The lowest BCUT2D eigenvalue weighted by Crippen LogP contribution is -2.50. The Morgan fingerprint density at radius 3 is 2.39 bits per heavy atom. The molecule has 0 spiro atoms. The summed E-state index contributed by atoms with van der Waals surface area (Å²) in [5.41, 5.74) is 7.65. The van der Waals surface area contributed by atoms with Crippen molar-refractivity contribution in [2.75, 3.05) is 16.8 Å². The van der Waals surface area contributed by atoms with Crippen LogP contribution >= 0.6 is 15.9 Å². The van der Waals surface area contributed by atoms with Gasteiger partial charge in [0, 0.05) is 52.5 Å². The third-order valence-electron chi connectivity index (χ3n) is 7.50. The Morgan fingerprint density at radius 1 is 1.08 bits per heavy atom. The van der Waals surface area contributed by atoms with Crippen molar-refractivity contribution in [3.05, 3.63) is 51.6 Å². The molecule has 2 aliphatic heterocycles.